The Morgan fingerprint density at radius 2 is 1.81 bits per heavy atom. The van der Waals surface area contributed by atoms with Crippen LogP contribution in [0.5, 0.6) is 5.75 Å². The van der Waals surface area contributed by atoms with Crippen molar-refractivity contribution in [3.8, 4) is 5.75 Å². The van der Waals surface area contributed by atoms with Crippen LogP contribution in [0.3, 0.4) is 0 Å². The Morgan fingerprint density at radius 3 is 2.41 bits per heavy atom. The Hall–Kier alpha value is -2.67. The summed E-state index contributed by atoms with van der Waals surface area (Å²) in [6, 6.07) is 10.8. The molecule has 3 rings (SSSR count). The Kier molecular flexibility index (Phi) is 7.72. The maximum atomic E-state index is 14.4. The summed E-state index contributed by atoms with van der Waals surface area (Å²) in [4.78, 5) is 17.2. The zero-order valence-corrected chi connectivity index (χ0v) is 19.3. The number of halogens is 2. The number of benzene rings is 2. The van der Waals surface area contributed by atoms with E-state index in [1.165, 1.54) is 12.1 Å². The lowest BCUT2D eigenvalue weighted by Crippen LogP contribution is -2.57. The van der Waals surface area contributed by atoms with Crippen molar-refractivity contribution in [3.05, 3.63) is 65.2 Å². The van der Waals surface area contributed by atoms with E-state index in [1.807, 2.05) is 45.0 Å². The van der Waals surface area contributed by atoms with E-state index in [-0.39, 0.29) is 18.7 Å². The van der Waals surface area contributed by atoms with Gasteiger partial charge in [-0.2, -0.15) is 0 Å². The zero-order chi connectivity index (χ0) is 23.3. The van der Waals surface area contributed by atoms with Crippen LogP contribution >= 0.6 is 0 Å². The second-order valence-electron chi connectivity index (χ2n) is 9.09. The van der Waals surface area contributed by atoms with Gasteiger partial charge in [-0.05, 0) is 64.4 Å². The zero-order valence-electron chi connectivity index (χ0n) is 19.3. The molecule has 7 heteroatoms. The average molecular weight is 446 g/mol. The first-order valence-corrected chi connectivity index (χ1v) is 11.1. The monoisotopic (exact) mass is 445 g/mol. The summed E-state index contributed by atoms with van der Waals surface area (Å²) < 4.78 is 33.4. The molecule has 0 atom stereocenters. The van der Waals surface area contributed by atoms with Gasteiger partial charge in [0.05, 0.1) is 12.6 Å². The molecule has 174 valence electrons. The van der Waals surface area contributed by atoms with E-state index in [4.69, 9.17) is 4.74 Å². The molecule has 1 heterocycles. The van der Waals surface area contributed by atoms with Crippen LogP contribution in [0.25, 0.3) is 0 Å². The van der Waals surface area contributed by atoms with Crippen LogP contribution in [-0.4, -0.2) is 47.6 Å². The van der Waals surface area contributed by atoms with Crippen LogP contribution in [0.1, 0.15) is 44.7 Å². The van der Waals surface area contributed by atoms with Gasteiger partial charge in [0.15, 0.2) is 0 Å². The summed E-state index contributed by atoms with van der Waals surface area (Å²) in [7, 11) is 2.05. The Morgan fingerprint density at radius 1 is 1.16 bits per heavy atom. The van der Waals surface area contributed by atoms with Gasteiger partial charge in [0, 0.05) is 36.8 Å². The minimum Gasteiger partial charge on any atom is -0.491 e. The third-order valence-electron chi connectivity index (χ3n) is 6.04. The van der Waals surface area contributed by atoms with E-state index in [2.05, 4.69) is 17.3 Å². The van der Waals surface area contributed by atoms with Gasteiger partial charge in [0.1, 0.15) is 17.4 Å². The van der Waals surface area contributed by atoms with Crippen molar-refractivity contribution in [1.29, 1.82) is 0 Å². The first kappa shape index (κ1) is 24.0. The maximum Gasteiger partial charge on any atom is 0.318 e. The van der Waals surface area contributed by atoms with E-state index < -0.39 is 17.2 Å². The molecule has 2 amide bonds. The van der Waals surface area contributed by atoms with Crippen LogP contribution in [0.15, 0.2) is 42.5 Å². The minimum atomic E-state index is -0.639. The third-order valence-corrected chi connectivity index (χ3v) is 6.04. The highest BCUT2D eigenvalue weighted by Crippen LogP contribution is 2.30. The van der Waals surface area contributed by atoms with E-state index in [0.717, 1.165) is 43.3 Å². The molecule has 1 aliphatic heterocycles. The van der Waals surface area contributed by atoms with Crippen LogP contribution in [0.2, 0.25) is 0 Å². The number of rotatable bonds is 7. The smallest absolute Gasteiger partial charge is 0.318 e. The van der Waals surface area contributed by atoms with E-state index >= 15 is 0 Å². The van der Waals surface area contributed by atoms with E-state index in [0.29, 0.717) is 12.1 Å². The first-order valence-electron chi connectivity index (χ1n) is 11.1. The molecule has 0 radical (unpaired) electrons. The molecule has 2 aromatic rings. The summed E-state index contributed by atoms with van der Waals surface area (Å²) in [6.45, 7) is 8.11. The van der Waals surface area contributed by atoms with Crippen molar-refractivity contribution in [3.63, 3.8) is 0 Å². The predicted octanol–water partition coefficient (Wildman–Crippen LogP) is 4.95. The SMILES string of the molecule is CC(C)Oc1ccc(CNC(=O)N(Cc2ccc(F)cc2F)C2(C)CCN(C)CC2)cc1. The van der Waals surface area contributed by atoms with E-state index in [1.54, 1.807) is 4.90 Å². The molecule has 0 aromatic heterocycles. The molecular weight excluding hydrogens is 412 g/mol. The molecule has 1 fully saturated rings. The van der Waals surface area contributed by atoms with Crippen molar-refractivity contribution in [2.75, 3.05) is 20.1 Å². The molecule has 1 saturated heterocycles. The maximum absolute atomic E-state index is 14.4. The average Bonchev–Trinajstić information content (AvgIpc) is 2.74. The first-order chi connectivity index (χ1) is 15.2. The van der Waals surface area contributed by atoms with Gasteiger partial charge in [0.2, 0.25) is 0 Å². The van der Waals surface area contributed by atoms with Gasteiger partial charge in [-0.1, -0.05) is 18.2 Å². The number of hydrogen-bond acceptors (Lipinski definition) is 3. The number of urea groups is 1. The molecule has 0 spiro atoms. The summed E-state index contributed by atoms with van der Waals surface area (Å²) in [6.07, 6.45) is 1.65. The highest BCUT2D eigenvalue weighted by atomic mass is 19.1. The fraction of sp³-hybridized carbons (Fsp3) is 0.480. The molecular formula is C25H33F2N3O2. The van der Waals surface area contributed by atoms with Crippen LogP contribution in [-0.2, 0) is 13.1 Å². The van der Waals surface area contributed by atoms with Gasteiger partial charge in [-0.25, -0.2) is 13.6 Å². The number of likely N-dealkylation sites (tertiary alicyclic amines) is 1. The number of carbonyl (C=O) groups excluding carboxylic acids is 1. The van der Waals surface area contributed by atoms with E-state index in [9.17, 15) is 13.6 Å². The highest BCUT2D eigenvalue weighted by molar-refractivity contribution is 5.75. The molecule has 0 bridgehead atoms. The molecule has 32 heavy (non-hydrogen) atoms. The molecule has 0 aliphatic carbocycles. The van der Waals surface area contributed by atoms with Crippen LogP contribution < -0.4 is 10.1 Å². The molecule has 1 aliphatic rings. The lowest BCUT2D eigenvalue weighted by molar-refractivity contribution is 0.0605. The molecule has 0 unspecified atom stereocenters. The summed E-state index contributed by atoms with van der Waals surface area (Å²) in [5.74, 6) is -0.486. The largest absolute Gasteiger partial charge is 0.491 e. The second-order valence-corrected chi connectivity index (χ2v) is 9.09. The number of amides is 2. The Balaban J connectivity index is 1.74. The summed E-state index contributed by atoms with van der Waals surface area (Å²) in [5, 5.41) is 2.98. The molecule has 5 nitrogen and oxygen atoms in total. The van der Waals surface area contributed by atoms with Crippen molar-refractivity contribution < 1.29 is 18.3 Å². The molecule has 2 aromatic carbocycles. The van der Waals surface area contributed by atoms with Crippen LogP contribution in [0, 0.1) is 11.6 Å². The lowest BCUT2D eigenvalue weighted by atomic mass is 9.87. The second kappa shape index (κ2) is 10.3. The summed E-state index contributed by atoms with van der Waals surface area (Å²) >= 11 is 0. The van der Waals surface area contributed by atoms with Gasteiger partial charge in [0.25, 0.3) is 0 Å². The fourth-order valence-electron chi connectivity index (χ4n) is 3.93. The highest BCUT2D eigenvalue weighted by Gasteiger charge is 2.38. The number of ether oxygens (including phenoxy) is 1. The van der Waals surface area contributed by atoms with Gasteiger partial charge in [-0.3, -0.25) is 0 Å². The fourth-order valence-corrected chi connectivity index (χ4v) is 3.93. The summed E-state index contributed by atoms with van der Waals surface area (Å²) in [5.41, 5.74) is 0.819. The van der Waals surface area contributed by atoms with Crippen molar-refractivity contribution in [2.45, 2.75) is 58.3 Å². The standard InChI is InChI=1S/C25H33F2N3O2/c1-18(2)32-22-9-5-19(6-10-22)16-28-24(31)30(25(3)11-13-29(4)14-12-25)17-20-7-8-21(26)15-23(20)27/h5-10,15,18H,11-14,16-17H2,1-4H3,(H,28,31). The van der Waals surface area contributed by atoms with Crippen molar-refractivity contribution >= 4 is 6.03 Å². The number of piperidine rings is 1. The third kappa shape index (κ3) is 6.19. The Labute approximate surface area is 189 Å². The predicted molar refractivity (Wildman–Crippen MR) is 121 cm³/mol. The molecule has 0 saturated carbocycles. The van der Waals surface area contributed by atoms with Gasteiger partial charge < -0.3 is 19.9 Å². The van der Waals surface area contributed by atoms with Crippen molar-refractivity contribution in [2.24, 2.45) is 0 Å². The van der Waals surface area contributed by atoms with Crippen LogP contribution in [0.4, 0.5) is 13.6 Å². The van der Waals surface area contributed by atoms with Gasteiger partial charge in [-0.15, -0.1) is 0 Å². The van der Waals surface area contributed by atoms with Crippen molar-refractivity contribution in [1.82, 2.24) is 15.1 Å². The number of carbonyl (C=O) groups is 1. The molecule has 1 N–H and O–H groups in total. The number of hydrogen-bond donors (Lipinski definition) is 1. The normalized spacial score (nSPS) is 16.1. The quantitative estimate of drug-likeness (QED) is 0.656. The van der Waals surface area contributed by atoms with Gasteiger partial charge >= 0.3 is 6.03 Å². The lowest BCUT2D eigenvalue weighted by Gasteiger charge is -2.46. The minimum absolute atomic E-state index is 0.0827. The number of nitrogens with one attached hydrogen (secondary N) is 1. The topological polar surface area (TPSA) is 44.8 Å². The Bertz CT molecular complexity index is 910. The number of nitrogens with zero attached hydrogens (tertiary/aromatic N) is 2.